The van der Waals surface area contributed by atoms with Crippen LogP contribution in [0, 0.1) is 5.92 Å². The van der Waals surface area contributed by atoms with Crippen LogP contribution in [0.15, 0.2) is 37.0 Å². The van der Waals surface area contributed by atoms with Crippen molar-refractivity contribution in [3.63, 3.8) is 0 Å². The van der Waals surface area contributed by atoms with Gasteiger partial charge < -0.3 is 5.73 Å². The smallest absolute Gasteiger partial charge is 0.000834 e. The third-order valence-corrected chi connectivity index (χ3v) is 1.79. The van der Waals surface area contributed by atoms with E-state index in [4.69, 9.17) is 5.73 Å². The third kappa shape index (κ3) is 3.19. The van der Waals surface area contributed by atoms with Crippen molar-refractivity contribution in [3.05, 3.63) is 37.0 Å². The second kappa shape index (κ2) is 5.93. The monoisotopic (exact) mass is 151 g/mol. The summed E-state index contributed by atoms with van der Waals surface area (Å²) >= 11 is 0. The van der Waals surface area contributed by atoms with Crippen molar-refractivity contribution in [2.24, 2.45) is 11.7 Å². The minimum atomic E-state index is 0.436. The summed E-state index contributed by atoms with van der Waals surface area (Å²) in [5, 5.41) is 0. The van der Waals surface area contributed by atoms with Crippen molar-refractivity contribution in [1.82, 2.24) is 0 Å². The van der Waals surface area contributed by atoms with Crippen molar-refractivity contribution in [2.45, 2.75) is 13.3 Å². The molecule has 0 rings (SSSR count). The highest BCUT2D eigenvalue weighted by molar-refractivity contribution is 5.23. The lowest BCUT2D eigenvalue weighted by Crippen LogP contribution is -2.14. The van der Waals surface area contributed by atoms with Gasteiger partial charge in [-0.1, -0.05) is 38.3 Å². The van der Waals surface area contributed by atoms with E-state index in [2.05, 4.69) is 20.1 Å². The molecule has 0 aliphatic heterocycles. The zero-order chi connectivity index (χ0) is 8.69. The fraction of sp³-hybridized carbons (Fsp3) is 0.400. The summed E-state index contributed by atoms with van der Waals surface area (Å²) < 4.78 is 0. The zero-order valence-corrected chi connectivity index (χ0v) is 7.22. The van der Waals surface area contributed by atoms with Gasteiger partial charge in [0.15, 0.2) is 0 Å². The Hall–Kier alpha value is -0.820. The molecule has 0 radical (unpaired) electrons. The zero-order valence-electron chi connectivity index (χ0n) is 7.22. The maximum absolute atomic E-state index is 5.57. The molecule has 1 unspecified atom stereocenters. The van der Waals surface area contributed by atoms with E-state index in [1.54, 1.807) is 6.08 Å². The Balaban J connectivity index is 4.32. The summed E-state index contributed by atoms with van der Waals surface area (Å²) in [5.41, 5.74) is 6.75. The Labute approximate surface area is 69.3 Å². The van der Waals surface area contributed by atoms with E-state index in [0.717, 1.165) is 6.42 Å². The molecular formula is C10H17N. The van der Waals surface area contributed by atoms with Gasteiger partial charge in [0.05, 0.1) is 0 Å². The molecule has 1 heteroatoms. The molecular weight excluding hydrogens is 134 g/mol. The highest BCUT2D eigenvalue weighted by Gasteiger charge is 2.05. The molecule has 0 bridgehead atoms. The maximum Gasteiger partial charge on any atom is -0.000834 e. The van der Waals surface area contributed by atoms with Crippen LogP contribution >= 0.6 is 0 Å². The van der Waals surface area contributed by atoms with E-state index in [0.29, 0.717) is 12.5 Å². The molecule has 0 amide bonds. The Morgan fingerprint density at radius 2 is 2.18 bits per heavy atom. The Morgan fingerprint density at radius 1 is 1.55 bits per heavy atom. The highest BCUT2D eigenvalue weighted by atomic mass is 14.5. The van der Waals surface area contributed by atoms with Crippen molar-refractivity contribution < 1.29 is 0 Å². The van der Waals surface area contributed by atoms with Gasteiger partial charge in [-0.05, 0) is 24.5 Å². The second-order valence-electron chi connectivity index (χ2n) is 2.45. The van der Waals surface area contributed by atoms with Crippen LogP contribution in [0.25, 0.3) is 0 Å². The summed E-state index contributed by atoms with van der Waals surface area (Å²) in [4.78, 5) is 0. The van der Waals surface area contributed by atoms with Gasteiger partial charge in [0.25, 0.3) is 0 Å². The van der Waals surface area contributed by atoms with E-state index in [-0.39, 0.29) is 0 Å². The van der Waals surface area contributed by atoms with Gasteiger partial charge in [0.1, 0.15) is 0 Å². The van der Waals surface area contributed by atoms with Crippen LogP contribution in [0.1, 0.15) is 13.3 Å². The molecule has 0 fully saturated rings. The van der Waals surface area contributed by atoms with Gasteiger partial charge in [-0.2, -0.15) is 0 Å². The van der Waals surface area contributed by atoms with Gasteiger partial charge >= 0.3 is 0 Å². The Kier molecular flexibility index (Phi) is 5.49. The molecule has 0 aromatic carbocycles. The topological polar surface area (TPSA) is 26.0 Å². The fourth-order valence-corrected chi connectivity index (χ4v) is 1.05. The van der Waals surface area contributed by atoms with Gasteiger partial charge in [-0.15, -0.1) is 0 Å². The molecule has 0 aliphatic rings. The summed E-state index contributed by atoms with van der Waals surface area (Å²) in [6.45, 7) is 10.2. The molecule has 0 aliphatic carbocycles. The lowest BCUT2D eigenvalue weighted by molar-refractivity contribution is 0.616. The van der Waals surface area contributed by atoms with E-state index < -0.39 is 0 Å². The number of allylic oxidation sites excluding steroid dienone is 3. The van der Waals surface area contributed by atoms with Crippen LogP contribution < -0.4 is 5.73 Å². The van der Waals surface area contributed by atoms with Gasteiger partial charge in [0.2, 0.25) is 0 Å². The summed E-state index contributed by atoms with van der Waals surface area (Å²) in [6.07, 6.45) is 6.65. The summed E-state index contributed by atoms with van der Waals surface area (Å²) in [5.74, 6) is 0.436. The van der Waals surface area contributed by atoms with Crippen LogP contribution in [0.3, 0.4) is 0 Å². The molecule has 0 saturated heterocycles. The minimum absolute atomic E-state index is 0.436. The summed E-state index contributed by atoms with van der Waals surface area (Å²) in [6, 6.07) is 0. The van der Waals surface area contributed by atoms with Crippen molar-refractivity contribution >= 4 is 0 Å². The van der Waals surface area contributed by atoms with Crippen molar-refractivity contribution in [3.8, 4) is 0 Å². The molecule has 0 aromatic rings. The molecule has 0 saturated carbocycles. The van der Waals surface area contributed by atoms with E-state index >= 15 is 0 Å². The molecule has 62 valence electrons. The normalized spacial score (nSPS) is 14.2. The van der Waals surface area contributed by atoms with E-state index in [9.17, 15) is 0 Å². The average molecular weight is 151 g/mol. The predicted molar refractivity (Wildman–Crippen MR) is 51.3 cm³/mol. The standard InChI is InChI=1S/C10H17N/c1-4-7-9(5-2)10(6-3)8-11/h4-5,7,10H,1-2,6,8,11H2,3H3/b9-7+. The lowest BCUT2D eigenvalue weighted by atomic mass is 9.96. The van der Waals surface area contributed by atoms with Crippen LogP contribution in [-0.4, -0.2) is 6.54 Å². The quantitative estimate of drug-likeness (QED) is 0.599. The van der Waals surface area contributed by atoms with E-state index in [1.807, 2.05) is 12.2 Å². The molecule has 0 aromatic heterocycles. The molecule has 1 atom stereocenters. The first-order valence-electron chi connectivity index (χ1n) is 3.95. The first kappa shape index (κ1) is 10.2. The fourth-order valence-electron chi connectivity index (χ4n) is 1.05. The van der Waals surface area contributed by atoms with Crippen molar-refractivity contribution in [2.75, 3.05) is 6.54 Å². The van der Waals surface area contributed by atoms with Gasteiger partial charge in [-0.25, -0.2) is 0 Å². The Morgan fingerprint density at radius 3 is 2.45 bits per heavy atom. The first-order valence-corrected chi connectivity index (χ1v) is 3.95. The lowest BCUT2D eigenvalue weighted by Gasteiger charge is -2.12. The predicted octanol–water partition coefficient (Wildman–Crippen LogP) is 2.27. The van der Waals surface area contributed by atoms with Crippen LogP contribution in [-0.2, 0) is 0 Å². The average Bonchev–Trinajstić information content (AvgIpc) is 2.05. The third-order valence-electron chi connectivity index (χ3n) is 1.79. The molecule has 11 heavy (non-hydrogen) atoms. The second-order valence-corrected chi connectivity index (χ2v) is 2.45. The van der Waals surface area contributed by atoms with Gasteiger partial charge in [-0.3, -0.25) is 0 Å². The number of rotatable bonds is 5. The number of hydrogen-bond acceptors (Lipinski definition) is 1. The minimum Gasteiger partial charge on any atom is -0.330 e. The largest absolute Gasteiger partial charge is 0.330 e. The molecule has 0 spiro atoms. The Bertz CT molecular complexity index is 152. The molecule has 2 N–H and O–H groups in total. The van der Waals surface area contributed by atoms with Crippen molar-refractivity contribution in [1.29, 1.82) is 0 Å². The summed E-state index contributed by atoms with van der Waals surface area (Å²) in [7, 11) is 0. The highest BCUT2D eigenvalue weighted by Crippen LogP contribution is 2.14. The van der Waals surface area contributed by atoms with Gasteiger partial charge in [0, 0.05) is 0 Å². The van der Waals surface area contributed by atoms with Crippen LogP contribution in [0.2, 0.25) is 0 Å². The van der Waals surface area contributed by atoms with Crippen LogP contribution in [0.5, 0.6) is 0 Å². The number of hydrogen-bond donors (Lipinski definition) is 1. The number of nitrogens with two attached hydrogens (primary N) is 1. The molecule has 0 heterocycles. The molecule has 1 nitrogen and oxygen atoms in total. The maximum atomic E-state index is 5.57. The first-order chi connectivity index (χ1) is 5.29. The SMILES string of the molecule is C=C/C=C(\C=C)C(CC)CN. The van der Waals surface area contributed by atoms with Crippen LogP contribution in [0.4, 0.5) is 0 Å². The van der Waals surface area contributed by atoms with E-state index in [1.165, 1.54) is 5.57 Å².